The number of hydrogen-bond donors (Lipinski definition) is 2. The van der Waals surface area contributed by atoms with Crippen LogP contribution >= 0.6 is 0 Å². The summed E-state index contributed by atoms with van der Waals surface area (Å²) in [5.74, 6) is 0.984. The molecule has 1 aromatic rings. The van der Waals surface area contributed by atoms with E-state index in [4.69, 9.17) is 0 Å². The minimum absolute atomic E-state index is 0.0555. The van der Waals surface area contributed by atoms with Crippen molar-refractivity contribution in [3.8, 4) is 0 Å². The van der Waals surface area contributed by atoms with Gasteiger partial charge in [-0.3, -0.25) is 0 Å². The Hall–Kier alpha value is -0.870. The van der Waals surface area contributed by atoms with Crippen molar-refractivity contribution in [3.05, 3.63) is 18.2 Å². The molecule has 1 rings (SSSR count). The van der Waals surface area contributed by atoms with E-state index in [9.17, 15) is 5.11 Å². The van der Waals surface area contributed by atoms with Crippen LogP contribution in [0.4, 0.5) is 0 Å². The van der Waals surface area contributed by atoms with Gasteiger partial charge in [0, 0.05) is 25.5 Å². The van der Waals surface area contributed by atoms with Gasteiger partial charge in [0.2, 0.25) is 0 Å². The molecule has 0 aromatic carbocycles. The van der Waals surface area contributed by atoms with Gasteiger partial charge in [-0.05, 0) is 5.41 Å². The molecule has 0 bridgehead atoms. The Morgan fingerprint density at radius 2 is 2.20 bits per heavy atom. The first kappa shape index (κ1) is 12.2. The number of rotatable bonds is 4. The third-order valence-corrected chi connectivity index (χ3v) is 2.66. The standard InChI is InChI=1S/C11H21N3O/c1-11(2,3)9(8-15)13-7-10-12-5-6-14(10)4/h5-6,9,13,15H,7-8H2,1-4H3/t9-/m1/s1. The molecule has 0 aliphatic heterocycles. The van der Waals surface area contributed by atoms with Crippen molar-refractivity contribution in [1.82, 2.24) is 14.9 Å². The fraction of sp³-hybridized carbons (Fsp3) is 0.727. The molecule has 0 unspecified atom stereocenters. The van der Waals surface area contributed by atoms with Gasteiger partial charge in [0.15, 0.2) is 0 Å². The topological polar surface area (TPSA) is 50.1 Å². The molecule has 86 valence electrons. The molecule has 0 saturated carbocycles. The second-order valence-corrected chi connectivity index (χ2v) is 4.94. The monoisotopic (exact) mass is 211 g/mol. The van der Waals surface area contributed by atoms with E-state index in [1.165, 1.54) is 0 Å². The molecule has 0 spiro atoms. The molecule has 15 heavy (non-hydrogen) atoms. The van der Waals surface area contributed by atoms with Crippen molar-refractivity contribution in [2.45, 2.75) is 33.4 Å². The number of hydrogen-bond acceptors (Lipinski definition) is 3. The molecule has 1 heterocycles. The lowest BCUT2D eigenvalue weighted by atomic mass is 9.87. The van der Waals surface area contributed by atoms with Crippen LogP contribution < -0.4 is 5.32 Å². The summed E-state index contributed by atoms with van der Waals surface area (Å²) >= 11 is 0. The van der Waals surface area contributed by atoms with Gasteiger partial charge >= 0.3 is 0 Å². The number of aryl methyl sites for hydroxylation is 1. The maximum atomic E-state index is 9.27. The van der Waals surface area contributed by atoms with E-state index < -0.39 is 0 Å². The quantitative estimate of drug-likeness (QED) is 0.778. The van der Waals surface area contributed by atoms with Crippen LogP contribution in [-0.4, -0.2) is 27.3 Å². The summed E-state index contributed by atoms with van der Waals surface area (Å²) in [6.07, 6.45) is 3.70. The Balaban J connectivity index is 2.52. The lowest BCUT2D eigenvalue weighted by molar-refractivity contribution is 0.157. The predicted octanol–water partition coefficient (Wildman–Crippen LogP) is 0.917. The largest absolute Gasteiger partial charge is 0.395 e. The molecule has 4 heteroatoms. The zero-order valence-electron chi connectivity index (χ0n) is 9.99. The van der Waals surface area contributed by atoms with Gasteiger partial charge in [-0.1, -0.05) is 20.8 Å². The highest BCUT2D eigenvalue weighted by molar-refractivity contribution is 4.92. The zero-order valence-corrected chi connectivity index (χ0v) is 9.99. The Morgan fingerprint density at radius 3 is 2.60 bits per heavy atom. The van der Waals surface area contributed by atoms with Gasteiger partial charge in [0.25, 0.3) is 0 Å². The smallest absolute Gasteiger partial charge is 0.122 e. The van der Waals surface area contributed by atoms with Gasteiger partial charge in [-0.15, -0.1) is 0 Å². The summed E-state index contributed by atoms with van der Waals surface area (Å²) in [6.45, 7) is 7.16. The minimum Gasteiger partial charge on any atom is -0.395 e. The van der Waals surface area contributed by atoms with Crippen LogP contribution in [-0.2, 0) is 13.6 Å². The zero-order chi connectivity index (χ0) is 11.5. The van der Waals surface area contributed by atoms with E-state index in [0.29, 0.717) is 6.54 Å². The van der Waals surface area contributed by atoms with Crippen LogP contribution in [0.25, 0.3) is 0 Å². The van der Waals surface area contributed by atoms with E-state index in [2.05, 4.69) is 31.1 Å². The summed E-state index contributed by atoms with van der Waals surface area (Å²) in [6, 6.07) is 0.0919. The number of nitrogens with one attached hydrogen (secondary N) is 1. The van der Waals surface area contributed by atoms with E-state index in [1.54, 1.807) is 6.20 Å². The summed E-state index contributed by atoms with van der Waals surface area (Å²) < 4.78 is 1.98. The van der Waals surface area contributed by atoms with Crippen LogP contribution in [0.3, 0.4) is 0 Å². The highest BCUT2D eigenvalue weighted by Crippen LogP contribution is 2.18. The Morgan fingerprint density at radius 1 is 1.53 bits per heavy atom. The third kappa shape index (κ3) is 3.32. The lowest BCUT2D eigenvalue weighted by Gasteiger charge is -2.29. The summed E-state index contributed by atoms with van der Waals surface area (Å²) in [5, 5.41) is 12.6. The molecule has 0 amide bonds. The fourth-order valence-electron chi connectivity index (χ4n) is 1.43. The maximum absolute atomic E-state index is 9.27. The molecule has 1 aromatic heterocycles. The number of imidazole rings is 1. The van der Waals surface area contributed by atoms with Crippen molar-refractivity contribution in [1.29, 1.82) is 0 Å². The molecular formula is C11H21N3O. The molecule has 0 aliphatic rings. The molecule has 0 radical (unpaired) electrons. The van der Waals surface area contributed by atoms with Crippen molar-refractivity contribution < 1.29 is 5.11 Å². The van der Waals surface area contributed by atoms with E-state index in [1.807, 2.05) is 17.8 Å². The van der Waals surface area contributed by atoms with Gasteiger partial charge in [0.05, 0.1) is 13.2 Å². The molecular weight excluding hydrogens is 190 g/mol. The molecule has 1 atom stereocenters. The summed E-state index contributed by atoms with van der Waals surface area (Å²) in [4.78, 5) is 4.22. The van der Waals surface area contributed by atoms with Gasteiger partial charge < -0.3 is 15.0 Å². The Bertz CT molecular complexity index is 301. The number of aliphatic hydroxyl groups excluding tert-OH is 1. The van der Waals surface area contributed by atoms with Crippen LogP contribution in [0.15, 0.2) is 12.4 Å². The second-order valence-electron chi connectivity index (χ2n) is 4.94. The average molecular weight is 211 g/mol. The van der Waals surface area contributed by atoms with Crippen LogP contribution in [0, 0.1) is 5.41 Å². The first-order valence-corrected chi connectivity index (χ1v) is 5.25. The summed E-state index contributed by atoms with van der Waals surface area (Å²) in [7, 11) is 1.97. The fourth-order valence-corrected chi connectivity index (χ4v) is 1.43. The number of nitrogens with zero attached hydrogens (tertiary/aromatic N) is 2. The lowest BCUT2D eigenvalue weighted by Crippen LogP contribution is -2.43. The van der Waals surface area contributed by atoms with Crippen LogP contribution in [0.5, 0.6) is 0 Å². The van der Waals surface area contributed by atoms with Crippen LogP contribution in [0.2, 0.25) is 0 Å². The van der Waals surface area contributed by atoms with Gasteiger partial charge in [-0.2, -0.15) is 0 Å². The highest BCUT2D eigenvalue weighted by atomic mass is 16.3. The Kier molecular flexibility index (Phi) is 3.88. The molecule has 0 fully saturated rings. The normalized spacial score (nSPS) is 14.2. The average Bonchev–Trinajstić information content (AvgIpc) is 2.50. The van der Waals surface area contributed by atoms with E-state index in [0.717, 1.165) is 5.82 Å². The SMILES string of the molecule is Cn1ccnc1CN[C@H](CO)C(C)(C)C. The maximum Gasteiger partial charge on any atom is 0.122 e. The third-order valence-electron chi connectivity index (χ3n) is 2.66. The van der Waals surface area contributed by atoms with Gasteiger partial charge in [-0.25, -0.2) is 4.98 Å². The first-order chi connectivity index (χ1) is 6.95. The molecule has 4 nitrogen and oxygen atoms in total. The number of aromatic nitrogens is 2. The van der Waals surface area contributed by atoms with Crippen LogP contribution in [0.1, 0.15) is 26.6 Å². The second kappa shape index (κ2) is 4.77. The van der Waals surface area contributed by atoms with Crippen molar-refractivity contribution >= 4 is 0 Å². The molecule has 0 aliphatic carbocycles. The molecule has 0 saturated heterocycles. The highest BCUT2D eigenvalue weighted by Gasteiger charge is 2.23. The van der Waals surface area contributed by atoms with Crippen molar-refractivity contribution in [2.75, 3.05) is 6.61 Å². The predicted molar refractivity (Wildman–Crippen MR) is 60.4 cm³/mol. The molecule has 2 N–H and O–H groups in total. The van der Waals surface area contributed by atoms with E-state index >= 15 is 0 Å². The van der Waals surface area contributed by atoms with E-state index in [-0.39, 0.29) is 18.1 Å². The van der Waals surface area contributed by atoms with Crippen molar-refractivity contribution in [3.63, 3.8) is 0 Å². The first-order valence-electron chi connectivity index (χ1n) is 5.25. The number of aliphatic hydroxyl groups is 1. The minimum atomic E-state index is 0.0555. The van der Waals surface area contributed by atoms with Gasteiger partial charge in [0.1, 0.15) is 5.82 Å². The van der Waals surface area contributed by atoms with Crippen molar-refractivity contribution in [2.24, 2.45) is 12.5 Å². The summed E-state index contributed by atoms with van der Waals surface area (Å²) in [5.41, 5.74) is 0.0555. The Labute approximate surface area is 91.3 Å².